The lowest BCUT2D eigenvalue weighted by Crippen LogP contribution is -2.55. The summed E-state index contributed by atoms with van der Waals surface area (Å²) in [4.78, 5) is 28.2. The molecule has 0 saturated heterocycles. The molecule has 1 aromatic heterocycles. The summed E-state index contributed by atoms with van der Waals surface area (Å²) >= 11 is 0. The number of carbonyl (C=O) groups is 2. The summed E-state index contributed by atoms with van der Waals surface area (Å²) in [5.74, 6) is 0.713. The Bertz CT molecular complexity index is 716. The molecule has 4 atom stereocenters. The Hall–Kier alpha value is -1.75. The van der Waals surface area contributed by atoms with Crippen molar-refractivity contribution in [3.8, 4) is 0 Å². The number of hydrogen-bond acceptors (Lipinski definition) is 5. The fourth-order valence-corrected chi connectivity index (χ4v) is 4.61. The van der Waals surface area contributed by atoms with Gasteiger partial charge in [-0.3, -0.25) is 9.59 Å². The van der Waals surface area contributed by atoms with E-state index in [0.717, 1.165) is 6.54 Å². The molecule has 0 amide bonds. The Balaban J connectivity index is 2.24. The van der Waals surface area contributed by atoms with Gasteiger partial charge < -0.3 is 9.42 Å². The van der Waals surface area contributed by atoms with Gasteiger partial charge >= 0.3 is 0 Å². The summed E-state index contributed by atoms with van der Waals surface area (Å²) in [6.07, 6.45) is 3.58. The minimum Gasteiger partial charge on any atom is -0.360 e. The van der Waals surface area contributed by atoms with Crippen LogP contribution in [0.1, 0.15) is 48.5 Å². The Morgan fingerprint density at radius 2 is 2.00 bits per heavy atom. The minimum absolute atomic E-state index is 0.00255. The van der Waals surface area contributed by atoms with Crippen LogP contribution in [-0.4, -0.2) is 42.3 Å². The first-order valence-corrected chi connectivity index (χ1v) is 8.57. The predicted molar refractivity (Wildman–Crippen MR) is 90.9 cm³/mol. The van der Waals surface area contributed by atoms with E-state index < -0.39 is 5.41 Å². The Kier molecular flexibility index (Phi) is 4.03. The number of rotatable bonds is 3. The zero-order valence-electron chi connectivity index (χ0n) is 15.3. The van der Waals surface area contributed by atoms with Gasteiger partial charge in [0.25, 0.3) is 0 Å². The van der Waals surface area contributed by atoms with E-state index in [2.05, 4.69) is 23.9 Å². The molecule has 3 rings (SSSR count). The Morgan fingerprint density at radius 3 is 2.58 bits per heavy atom. The van der Waals surface area contributed by atoms with E-state index in [1.54, 1.807) is 13.0 Å². The summed E-state index contributed by atoms with van der Waals surface area (Å²) in [7, 11) is 4.03. The second kappa shape index (κ2) is 5.66. The SMILES string of the molecule is Cc1noc2c1C(=O)C1(C)C(=O)C=CC(CN(C)C)C1C2C(C)C. The standard InChI is InChI=1S/C19H26N2O3/c1-10(2)14-16-12(9-21(5)6)7-8-13(22)19(16,4)18(23)15-11(3)20-24-17(14)15/h7-8,10,12,14,16H,9H2,1-6H3. The number of ketones is 2. The minimum atomic E-state index is -1.03. The van der Waals surface area contributed by atoms with Crippen LogP contribution in [0.15, 0.2) is 16.7 Å². The van der Waals surface area contributed by atoms with Crippen molar-refractivity contribution in [1.29, 1.82) is 0 Å². The number of carbonyl (C=O) groups excluding carboxylic acids is 2. The van der Waals surface area contributed by atoms with Crippen molar-refractivity contribution in [3.63, 3.8) is 0 Å². The van der Waals surface area contributed by atoms with Crippen LogP contribution in [0.2, 0.25) is 0 Å². The second-order valence-corrected chi connectivity index (χ2v) is 7.98. The molecule has 0 N–H and O–H groups in total. The lowest BCUT2D eigenvalue weighted by atomic mass is 9.52. The molecule has 1 aromatic rings. The lowest BCUT2D eigenvalue weighted by molar-refractivity contribution is -0.126. The fraction of sp³-hybridized carbons (Fsp3) is 0.632. The molecule has 1 heterocycles. The first-order valence-electron chi connectivity index (χ1n) is 8.57. The average Bonchev–Trinajstić information content (AvgIpc) is 2.86. The predicted octanol–water partition coefficient (Wildman–Crippen LogP) is 2.86. The summed E-state index contributed by atoms with van der Waals surface area (Å²) in [6.45, 7) is 8.64. The highest BCUT2D eigenvalue weighted by Gasteiger charge is 2.60. The van der Waals surface area contributed by atoms with Crippen molar-refractivity contribution in [1.82, 2.24) is 10.1 Å². The van der Waals surface area contributed by atoms with Gasteiger partial charge in [-0.25, -0.2) is 0 Å². The number of nitrogens with zero attached hydrogens (tertiary/aromatic N) is 2. The summed E-state index contributed by atoms with van der Waals surface area (Å²) in [5, 5.41) is 4.04. The second-order valence-electron chi connectivity index (χ2n) is 7.98. The fourth-order valence-electron chi connectivity index (χ4n) is 4.61. The number of Topliss-reactive ketones (excluding diaryl/α,β-unsaturated/α-hetero) is 1. The van der Waals surface area contributed by atoms with E-state index in [0.29, 0.717) is 17.0 Å². The van der Waals surface area contributed by atoms with Gasteiger partial charge in [0.15, 0.2) is 17.3 Å². The van der Waals surface area contributed by atoms with Crippen LogP contribution in [0.5, 0.6) is 0 Å². The van der Waals surface area contributed by atoms with Crippen molar-refractivity contribution in [2.75, 3.05) is 20.6 Å². The quantitative estimate of drug-likeness (QED) is 0.798. The molecule has 0 aliphatic heterocycles. The van der Waals surface area contributed by atoms with E-state index in [-0.39, 0.29) is 35.2 Å². The normalized spacial score (nSPS) is 32.4. The van der Waals surface area contributed by atoms with Crippen molar-refractivity contribution in [2.45, 2.75) is 33.6 Å². The molecular formula is C19H26N2O3. The van der Waals surface area contributed by atoms with Crippen molar-refractivity contribution in [3.05, 3.63) is 29.2 Å². The molecule has 5 nitrogen and oxygen atoms in total. The molecule has 2 aliphatic carbocycles. The zero-order valence-corrected chi connectivity index (χ0v) is 15.3. The van der Waals surface area contributed by atoms with Gasteiger partial charge in [0.05, 0.1) is 16.7 Å². The first-order chi connectivity index (χ1) is 11.2. The third-order valence-electron chi connectivity index (χ3n) is 5.71. The van der Waals surface area contributed by atoms with Crippen LogP contribution in [-0.2, 0) is 4.79 Å². The molecule has 0 saturated carbocycles. The largest absolute Gasteiger partial charge is 0.360 e. The van der Waals surface area contributed by atoms with E-state index in [1.807, 2.05) is 27.1 Å². The first kappa shape index (κ1) is 17.1. The van der Waals surface area contributed by atoms with Crippen LogP contribution in [0.4, 0.5) is 0 Å². The molecular weight excluding hydrogens is 304 g/mol. The number of hydrogen-bond donors (Lipinski definition) is 0. The van der Waals surface area contributed by atoms with Gasteiger partial charge in [0, 0.05) is 12.5 Å². The third-order valence-corrected chi connectivity index (χ3v) is 5.71. The van der Waals surface area contributed by atoms with Gasteiger partial charge in [0.2, 0.25) is 0 Å². The van der Waals surface area contributed by atoms with Crippen molar-refractivity contribution >= 4 is 11.6 Å². The highest BCUT2D eigenvalue weighted by Crippen LogP contribution is 2.56. The summed E-state index contributed by atoms with van der Waals surface area (Å²) in [6, 6.07) is 0. The van der Waals surface area contributed by atoms with E-state index >= 15 is 0 Å². The van der Waals surface area contributed by atoms with Gasteiger partial charge in [-0.15, -0.1) is 0 Å². The number of fused-ring (bicyclic) bond motifs is 2. The van der Waals surface area contributed by atoms with E-state index in [9.17, 15) is 9.59 Å². The molecule has 130 valence electrons. The van der Waals surface area contributed by atoms with Crippen LogP contribution < -0.4 is 0 Å². The maximum atomic E-state index is 13.3. The lowest BCUT2D eigenvalue weighted by Gasteiger charge is -2.49. The highest BCUT2D eigenvalue weighted by atomic mass is 16.5. The number of aryl methyl sites for hydroxylation is 1. The van der Waals surface area contributed by atoms with Gasteiger partial charge in [0.1, 0.15) is 0 Å². The molecule has 0 aromatic carbocycles. The average molecular weight is 330 g/mol. The van der Waals surface area contributed by atoms with Gasteiger partial charge in [-0.1, -0.05) is 25.1 Å². The Morgan fingerprint density at radius 1 is 1.33 bits per heavy atom. The van der Waals surface area contributed by atoms with Crippen LogP contribution >= 0.6 is 0 Å². The molecule has 24 heavy (non-hydrogen) atoms. The number of allylic oxidation sites excluding steroid dienone is 1. The van der Waals surface area contributed by atoms with E-state index in [4.69, 9.17) is 4.52 Å². The maximum Gasteiger partial charge on any atom is 0.182 e. The monoisotopic (exact) mass is 330 g/mol. The van der Waals surface area contributed by atoms with Crippen molar-refractivity contribution < 1.29 is 14.1 Å². The van der Waals surface area contributed by atoms with Crippen LogP contribution in [0.25, 0.3) is 0 Å². The molecule has 2 aliphatic rings. The van der Waals surface area contributed by atoms with E-state index in [1.165, 1.54) is 0 Å². The van der Waals surface area contributed by atoms with Crippen LogP contribution in [0, 0.1) is 30.1 Å². The van der Waals surface area contributed by atoms with Gasteiger partial charge in [-0.05, 0) is 51.8 Å². The summed E-state index contributed by atoms with van der Waals surface area (Å²) < 4.78 is 5.59. The third kappa shape index (κ3) is 2.21. The molecule has 0 bridgehead atoms. The molecule has 5 heteroatoms. The maximum absolute atomic E-state index is 13.3. The smallest absolute Gasteiger partial charge is 0.182 e. The molecule has 0 radical (unpaired) electrons. The molecule has 0 fully saturated rings. The Labute approximate surface area is 143 Å². The molecule has 4 unspecified atom stereocenters. The number of aromatic nitrogens is 1. The van der Waals surface area contributed by atoms with Crippen LogP contribution in [0.3, 0.4) is 0 Å². The molecule has 0 spiro atoms. The highest BCUT2D eigenvalue weighted by molar-refractivity contribution is 6.19. The summed E-state index contributed by atoms with van der Waals surface area (Å²) in [5.41, 5.74) is 0.0831. The van der Waals surface area contributed by atoms with Crippen molar-refractivity contribution in [2.24, 2.45) is 23.2 Å². The van der Waals surface area contributed by atoms with Gasteiger partial charge in [-0.2, -0.15) is 0 Å². The topological polar surface area (TPSA) is 63.4 Å². The zero-order chi connectivity index (χ0) is 17.8.